The van der Waals surface area contributed by atoms with Crippen LogP contribution in [0.15, 0.2) is 30.4 Å². The van der Waals surface area contributed by atoms with E-state index in [1.54, 1.807) is 0 Å². The number of fused-ring (bicyclic) bond motifs is 2. The second kappa shape index (κ2) is 5.01. The van der Waals surface area contributed by atoms with E-state index in [0.717, 1.165) is 0 Å². The summed E-state index contributed by atoms with van der Waals surface area (Å²) in [7, 11) is 0. The van der Waals surface area contributed by atoms with E-state index in [0.29, 0.717) is 18.5 Å². The quantitative estimate of drug-likeness (QED) is 0.469. The molecule has 0 unspecified atom stereocenters. The van der Waals surface area contributed by atoms with Crippen LogP contribution in [0, 0.1) is 22.0 Å². The summed E-state index contributed by atoms with van der Waals surface area (Å²) in [6, 6.07) is 3.99. The van der Waals surface area contributed by atoms with Gasteiger partial charge in [-0.3, -0.25) is 19.7 Å². The molecule has 2 N–H and O–H groups in total. The van der Waals surface area contributed by atoms with Crippen LogP contribution in [0.3, 0.4) is 0 Å². The average Bonchev–Trinajstić information content (AvgIpc) is 2.47. The molecular formula is C14H13N3O4. The Morgan fingerprint density at radius 1 is 1.00 bits per heavy atom. The molecule has 0 bridgehead atoms. The Morgan fingerprint density at radius 2 is 1.57 bits per heavy atom. The minimum atomic E-state index is -0.542. The number of nitro benzene ring substituents is 1. The molecule has 7 heteroatoms. The number of benzene rings is 1. The Balaban J connectivity index is 2.01. The predicted molar refractivity (Wildman–Crippen MR) is 75.7 cm³/mol. The van der Waals surface area contributed by atoms with Crippen LogP contribution in [0.5, 0.6) is 0 Å². The van der Waals surface area contributed by atoms with E-state index in [4.69, 9.17) is 0 Å². The topological polar surface area (TPSA) is 101 Å². The molecule has 2 aliphatic rings. The number of anilines is 2. The van der Waals surface area contributed by atoms with E-state index in [-0.39, 0.29) is 23.2 Å². The zero-order valence-corrected chi connectivity index (χ0v) is 11.0. The van der Waals surface area contributed by atoms with Crippen LogP contribution in [0.25, 0.3) is 0 Å². The lowest BCUT2D eigenvalue weighted by Crippen LogP contribution is -2.39. The van der Waals surface area contributed by atoms with Crippen molar-refractivity contribution < 1.29 is 14.5 Å². The first kappa shape index (κ1) is 13.3. The van der Waals surface area contributed by atoms with Crippen molar-refractivity contribution >= 4 is 28.9 Å². The smallest absolute Gasteiger partial charge is 0.271 e. The number of carbonyl (C=O) groups excluding carboxylic acids is 2. The Morgan fingerprint density at radius 3 is 2.14 bits per heavy atom. The monoisotopic (exact) mass is 287 g/mol. The van der Waals surface area contributed by atoms with Crippen LogP contribution in [0.4, 0.5) is 17.1 Å². The molecule has 0 fully saturated rings. The lowest BCUT2D eigenvalue weighted by Gasteiger charge is -2.29. The molecule has 1 aromatic carbocycles. The summed E-state index contributed by atoms with van der Waals surface area (Å²) in [6.45, 7) is 0. The van der Waals surface area contributed by atoms with Crippen molar-refractivity contribution in [2.24, 2.45) is 11.8 Å². The molecule has 1 aliphatic carbocycles. The summed E-state index contributed by atoms with van der Waals surface area (Å²) < 4.78 is 0. The molecule has 0 spiro atoms. The highest BCUT2D eigenvalue weighted by molar-refractivity contribution is 6.06. The van der Waals surface area contributed by atoms with E-state index in [1.807, 2.05) is 12.2 Å². The number of hydrogen-bond donors (Lipinski definition) is 2. The van der Waals surface area contributed by atoms with E-state index in [1.165, 1.54) is 18.2 Å². The van der Waals surface area contributed by atoms with Crippen molar-refractivity contribution in [3.05, 3.63) is 40.5 Å². The van der Waals surface area contributed by atoms with Gasteiger partial charge in [-0.1, -0.05) is 12.2 Å². The summed E-state index contributed by atoms with van der Waals surface area (Å²) >= 11 is 0. The first-order chi connectivity index (χ1) is 10.1. The fourth-order valence-corrected chi connectivity index (χ4v) is 2.70. The van der Waals surface area contributed by atoms with Gasteiger partial charge in [0.15, 0.2) is 0 Å². The molecule has 0 saturated heterocycles. The number of allylic oxidation sites excluding steroid dienone is 2. The molecular weight excluding hydrogens is 274 g/mol. The van der Waals surface area contributed by atoms with Crippen LogP contribution in [0.2, 0.25) is 0 Å². The highest BCUT2D eigenvalue weighted by Crippen LogP contribution is 2.34. The average molecular weight is 287 g/mol. The molecule has 2 atom stereocenters. The zero-order chi connectivity index (χ0) is 15.0. The van der Waals surface area contributed by atoms with Gasteiger partial charge in [0.25, 0.3) is 5.69 Å². The van der Waals surface area contributed by atoms with Gasteiger partial charge in [0.1, 0.15) is 0 Å². The van der Waals surface area contributed by atoms with Crippen LogP contribution < -0.4 is 10.6 Å². The number of nitrogens with one attached hydrogen (secondary N) is 2. The summed E-state index contributed by atoms with van der Waals surface area (Å²) in [6.07, 6.45) is 4.79. The van der Waals surface area contributed by atoms with Crippen molar-refractivity contribution in [3.63, 3.8) is 0 Å². The fourth-order valence-electron chi connectivity index (χ4n) is 2.70. The third-order valence-electron chi connectivity index (χ3n) is 3.84. The molecule has 2 amide bonds. The number of hydrogen-bond acceptors (Lipinski definition) is 4. The number of rotatable bonds is 1. The molecule has 7 nitrogen and oxygen atoms in total. The van der Waals surface area contributed by atoms with E-state index < -0.39 is 16.8 Å². The number of carbonyl (C=O) groups is 2. The van der Waals surface area contributed by atoms with Gasteiger partial charge in [0.2, 0.25) is 11.8 Å². The molecule has 0 aromatic heterocycles. The van der Waals surface area contributed by atoms with Gasteiger partial charge < -0.3 is 10.6 Å². The first-order valence-corrected chi connectivity index (χ1v) is 6.61. The second-order valence-corrected chi connectivity index (χ2v) is 5.12. The molecule has 0 radical (unpaired) electrons. The zero-order valence-electron chi connectivity index (χ0n) is 11.0. The molecule has 1 aliphatic heterocycles. The fraction of sp³-hybridized carbons (Fsp3) is 0.286. The summed E-state index contributed by atoms with van der Waals surface area (Å²) in [4.78, 5) is 34.8. The van der Waals surface area contributed by atoms with Gasteiger partial charge in [-0.15, -0.1) is 0 Å². The normalized spacial score (nSPS) is 24.0. The SMILES string of the molecule is O=C1Nc2ccc([N+](=O)[O-])cc2NC(=O)[C@@H]2CC=CC[C@@H]12. The summed E-state index contributed by atoms with van der Waals surface area (Å²) in [5, 5.41) is 16.2. The minimum absolute atomic E-state index is 0.135. The molecule has 1 aromatic rings. The summed E-state index contributed by atoms with van der Waals surface area (Å²) in [5.41, 5.74) is 0.506. The number of amides is 2. The van der Waals surface area contributed by atoms with Crippen molar-refractivity contribution in [2.75, 3.05) is 10.6 Å². The van der Waals surface area contributed by atoms with Crippen molar-refractivity contribution in [1.29, 1.82) is 0 Å². The van der Waals surface area contributed by atoms with Crippen molar-refractivity contribution in [2.45, 2.75) is 12.8 Å². The maximum atomic E-state index is 12.3. The van der Waals surface area contributed by atoms with E-state index in [2.05, 4.69) is 10.6 Å². The lowest BCUT2D eigenvalue weighted by molar-refractivity contribution is -0.384. The van der Waals surface area contributed by atoms with Crippen LogP contribution in [-0.2, 0) is 9.59 Å². The van der Waals surface area contributed by atoms with Crippen molar-refractivity contribution in [3.8, 4) is 0 Å². The second-order valence-electron chi connectivity index (χ2n) is 5.12. The number of non-ortho nitro benzene ring substituents is 1. The highest BCUT2D eigenvalue weighted by Gasteiger charge is 2.36. The van der Waals surface area contributed by atoms with E-state index >= 15 is 0 Å². The molecule has 21 heavy (non-hydrogen) atoms. The summed E-state index contributed by atoms with van der Waals surface area (Å²) in [5.74, 6) is -1.35. The van der Waals surface area contributed by atoms with Crippen LogP contribution in [0.1, 0.15) is 12.8 Å². The number of nitro groups is 1. The highest BCUT2D eigenvalue weighted by atomic mass is 16.6. The Kier molecular flexibility index (Phi) is 3.17. The lowest BCUT2D eigenvalue weighted by atomic mass is 9.81. The molecule has 3 rings (SSSR count). The Hall–Kier alpha value is -2.70. The maximum absolute atomic E-state index is 12.3. The maximum Gasteiger partial charge on any atom is 0.271 e. The van der Waals surface area contributed by atoms with Gasteiger partial charge in [0.05, 0.1) is 28.1 Å². The number of nitrogens with zero attached hydrogens (tertiary/aromatic N) is 1. The first-order valence-electron chi connectivity index (χ1n) is 6.61. The largest absolute Gasteiger partial charge is 0.324 e. The van der Waals surface area contributed by atoms with Crippen LogP contribution in [-0.4, -0.2) is 16.7 Å². The third-order valence-corrected chi connectivity index (χ3v) is 3.84. The van der Waals surface area contributed by atoms with E-state index in [9.17, 15) is 19.7 Å². The standard InChI is InChI=1S/C14H13N3O4/c18-13-9-3-1-2-4-10(9)14(19)16-12-7-8(17(20)21)5-6-11(12)15-13/h1-2,5-7,9-10H,3-4H2,(H,15,18)(H,16,19)/t9-,10-/m1/s1. The third kappa shape index (κ3) is 2.37. The minimum Gasteiger partial charge on any atom is -0.324 e. The molecule has 108 valence electrons. The Bertz CT molecular complexity index is 668. The van der Waals surface area contributed by atoms with Gasteiger partial charge in [-0.25, -0.2) is 0 Å². The van der Waals surface area contributed by atoms with Gasteiger partial charge in [-0.2, -0.15) is 0 Å². The predicted octanol–water partition coefficient (Wildman–Crippen LogP) is 2.07. The van der Waals surface area contributed by atoms with Gasteiger partial charge >= 0.3 is 0 Å². The van der Waals surface area contributed by atoms with Gasteiger partial charge in [0, 0.05) is 12.1 Å². The Labute approximate surface area is 120 Å². The van der Waals surface area contributed by atoms with Crippen LogP contribution >= 0.6 is 0 Å². The molecule has 0 saturated carbocycles. The van der Waals surface area contributed by atoms with Crippen molar-refractivity contribution in [1.82, 2.24) is 0 Å². The molecule has 1 heterocycles. The van der Waals surface area contributed by atoms with Gasteiger partial charge in [-0.05, 0) is 18.9 Å².